The van der Waals surface area contributed by atoms with Crippen LogP contribution >= 0.6 is 0 Å². The van der Waals surface area contributed by atoms with E-state index in [0.29, 0.717) is 5.78 Å². The third-order valence-electron chi connectivity index (χ3n) is 3.72. The van der Waals surface area contributed by atoms with Gasteiger partial charge >= 0.3 is 0 Å². The van der Waals surface area contributed by atoms with E-state index in [1.54, 1.807) is 0 Å². The van der Waals surface area contributed by atoms with Crippen molar-refractivity contribution >= 4 is 16.6 Å². The number of hydrogen-bond donors (Lipinski definition) is 1. The molecule has 1 atom stereocenters. The number of nitrogens with one attached hydrogen (secondary N) is 1. The van der Waals surface area contributed by atoms with Crippen molar-refractivity contribution in [1.29, 1.82) is 0 Å². The smallest absolute Gasteiger partial charge is 0.167 e. The van der Waals surface area contributed by atoms with Gasteiger partial charge in [-0.25, -0.2) is 0 Å². The summed E-state index contributed by atoms with van der Waals surface area (Å²) in [5.41, 5.74) is 0.877. The van der Waals surface area contributed by atoms with Crippen molar-refractivity contribution < 1.29 is 4.79 Å². The number of carbonyl (C=O) groups excluding carboxylic acids is 1. The summed E-state index contributed by atoms with van der Waals surface area (Å²) >= 11 is 0. The molecule has 1 N–H and O–H groups in total. The largest absolute Gasteiger partial charge is 0.316 e. The highest BCUT2D eigenvalue weighted by atomic mass is 16.1. The molecule has 1 fully saturated rings. The monoisotopic (exact) mass is 239 g/mol. The second-order valence-electron chi connectivity index (χ2n) is 4.93. The molecule has 0 amide bonds. The van der Waals surface area contributed by atoms with Crippen LogP contribution in [0, 0.1) is 5.92 Å². The zero-order chi connectivity index (χ0) is 12.4. The normalized spacial score (nSPS) is 19.9. The summed E-state index contributed by atoms with van der Waals surface area (Å²) in [5.74, 6) is 0.434. The van der Waals surface area contributed by atoms with Crippen molar-refractivity contribution in [1.82, 2.24) is 5.32 Å². The van der Waals surface area contributed by atoms with Crippen LogP contribution in [-0.4, -0.2) is 18.9 Å². The molecular weight excluding hydrogens is 222 g/mol. The van der Waals surface area contributed by atoms with Crippen LogP contribution in [0.25, 0.3) is 10.8 Å². The molecule has 1 aliphatic rings. The fourth-order valence-corrected chi connectivity index (χ4v) is 2.74. The molecule has 0 spiro atoms. The maximum Gasteiger partial charge on any atom is 0.167 e. The fourth-order valence-electron chi connectivity index (χ4n) is 2.74. The summed E-state index contributed by atoms with van der Waals surface area (Å²) in [6, 6.07) is 14.1. The van der Waals surface area contributed by atoms with Gasteiger partial charge in [-0.05, 0) is 30.2 Å². The summed E-state index contributed by atoms with van der Waals surface area (Å²) < 4.78 is 0. The Labute approximate surface area is 107 Å². The molecule has 2 nitrogen and oxygen atoms in total. The van der Waals surface area contributed by atoms with Crippen molar-refractivity contribution in [3.8, 4) is 0 Å². The van der Waals surface area contributed by atoms with Crippen LogP contribution in [0.1, 0.15) is 23.2 Å². The molecule has 3 rings (SSSR count). The highest BCUT2D eigenvalue weighted by molar-refractivity contribution is 6.09. The van der Waals surface area contributed by atoms with E-state index in [1.807, 2.05) is 30.3 Å². The topological polar surface area (TPSA) is 29.1 Å². The van der Waals surface area contributed by atoms with Gasteiger partial charge in [0.2, 0.25) is 0 Å². The molecule has 0 aliphatic carbocycles. The average molecular weight is 239 g/mol. The minimum atomic E-state index is 0.143. The standard InChI is InChI=1S/C16H17NO/c18-16(13-7-4-10-17-11-13)15-9-3-6-12-5-1-2-8-14(12)15/h1-3,5-6,8-9,13,17H,4,7,10-11H2/t13-/m1/s1. The Bertz CT molecular complexity index is 565. The maximum atomic E-state index is 12.6. The van der Waals surface area contributed by atoms with Crippen LogP contribution in [0.3, 0.4) is 0 Å². The molecular formula is C16H17NO. The summed E-state index contributed by atoms with van der Waals surface area (Å²) in [4.78, 5) is 12.6. The fraction of sp³-hybridized carbons (Fsp3) is 0.312. The third-order valence-corrected chi connectivity index (χ3v) is 3.72. The molecule has 2 heteroatoms. The summed E-state index contributed by atoms with van der Waals surface area (Å²) in [5, 5.41) is 5.54. The Balaban J connectivity index is 2.00. The molecule has 1 saturated heterocycles. The molecule has 0 radical (unpaired) electrons. The lowest BCUT2D eigenvalue weighted by molar-refractivity contribution is 0.0901. The quantitative estimate of drug-likeness (QED) is 0.816. The first-order chi connectivity index (χ1) is 8.86. The lowest BCUT2D eigenvalue weighted by Crippen LogP contribution is -2.34. The predicted molar refractivity (Wildman–Crippen MR) is 73.9 cm³/mol. The zero-order valence-electron chi connectivity index (χ0n) is 10.4. The van der Waals surface area contributed by atoms with Gasteiger partial charge in [0.15, 0.2) is 5.78 Å². The van der Waals surface area contributed by atoms with Gasteiger partial charge in [0.05, 0.1) is 0 Å². The van der Waals surface area contributed by atoms with E-state index in [-0.39, 0.29) is 5.92 Å². The summed E-state index contributed by atoms with van der Waals surface area (Å²) in [6.07, 6.45) is 2.11. The molecule has 2 aromatic rings. The predicted octanol–water partition coefficient (Wildman–Crippen LogP) is 3.02. The lowest BCUT2D eigenvalue weighted by Gasteiger charge is -2.22. The second kappa shape index (κ2) is 4.91. The molecule has 0 aromatic heterocycles. The van der Waals surface area contributed by atoms with Crippen LogP contribution in [0.2, 0.25) is 0 Å². The van der Waals surface area contributed by atoms with E-state index in [0.717, 1.165) is 42.3 Å². The van der Waals surface area contributed by atoms with Gasteiger partial charge < -0.3 is 5.32 Å². The van der Waals surface area contributed by atoms with Crippen LogP contribution in [0.5, 0.6) is 0 Å². The molecule has 0 bridgehead atoms. The Hall–Kier alpha value is -1.67. The van der Waals surface area contributed by atoms with Gasteiger partial charge in [-0.15, -0.1) is 0 Å². The SMILES string of the molecule is O=C(c1cccc2ccccc12)[C@@H]1CCCNC1. The van der Waals surface area contributed by atoms with Crippen LogP contribution in [-0.2, 0) is 0 Å². The Kier molecular flexibility index (Phi) is 3.11. The minimum Gasteiger partial charge on any atom is -0.316 e. The van der Waals surface area contributed by atoms with Gasteiger partial charge in [0, 0.05) is 18.0 Å². The summed E-state index contributed by atoms with van der Waals surface area (Å²) in [6.45, 7) is 1.86. The highest BCUT2D eigenvalue weighted by Gasteiger charge is 2.23. The Morgan fingerprint density at radius 3 is 2.78 bits per heavy atom. The molecule has 2 aromatic carbocycles. The van der Waals surface area contributed by atoms with E-state index in [9.17, 15) is 4.79 Å². The van der Waals surface area contributed by atoms with Gasteiger partial charge in [-0.1, -0.05) is 42.5 Å². The lowest BCUT2D eigenvalue weighted by atomic mass is 9.89. The number of ketones is 1. The number of piperidine rings is 1. The van der Waals surface area contributed by atoms with Crippen molar-refractivity contribution in [2.24, 2.45) is 5.92 Å². The first-order valence-corrected chi connectivity index (χ1v) is 6.59. The molecule has 0 unspecified atom stereocenters. The molecule has 1 aliphatic heterocycles. The first kappa shape index (κ1) is 11.4. The number of Topliss-reactive ketones (excluding diaryl/α,β-unsaturated/α-hetero) is 1. The van der Waals surface area contributed by atoms with E-state index >= 15 is 0 Å². The van der Waals surface area contributed by atoms with Gasteiger partial charge in [0.1, 0.15) is 0 Å². The number of hydrogen-bond acceptors (Lipinski definition) is 2. The van der Waals surface area contributed by atoms with E-state index in [2.05, 4.69) is 17.4 Å². The van der Waals surface area contributed by atoms with Crippen LogP contribution < -0.4 is 5.32 Å². The molecule has 92 valence electrons. The van der Waals surface area contributed by atoms with E-state index in [1.165, 1.54) is 0 Å². The van der Waals surface area contributed by atoms with Gasteiger partial charge in [-0.2, -0.15) is 0 Å². The molecule has 1 heterocycles. The number of benzene rings is 2. The van der Waals surface area contributed by atoms with Gasteiger partial charge in [0.25, 0.3) is 0 Å². The third kappa shape index (κ3) is 2.04. The zero-order valence-corrected chi connectivity index (χ0v) is 10.4. The molecule has 0 saturated carbocycles. The minimum absolute atomic E-state index is 0.143. The van der Waals surface area contributed by atoms with Crippen molar-refractivity contribution in [2.45, 2.75) is 12.8 Å². The summed E-state index contributed by atoms with van der Waals surface area (Å²) in [7, 11) is 0. The van der Waals surface area contributed by atoms with Crippen molar-refractivity contribution in [2.75, 3.05) is 13.1 Å². The Morgan fingerprint density at radius 2 is 1.94 bits per heavy atom. The molecule has 18 heavy (non-hydrogen) atoms. The second-order valence-corrected chi connectivity index (χ2v) is 4.93. The van der Waals surface area contributed by atoms with E-state index < -0.39 is 0 Å². The van der Waals surface area contributed by atoms with Gasteiger partial charge in [-0.3, -0.25) is 4.79 Å². The van der Waals surface area contributed by atoms with Crippen LogP contribution in [0.15, 0.2) is 42.5 Å². The number of rotatable bonds is 2. The van der Waals surface area contributed by atoms with Crippen molar-refractivity contribution in [3.63, 3.8) is 0 Å². The maximum absolute atomic E-state index is 12.6. The number of fused-ring (bicyclic) bond motifs is 1. The van der Waals surface area contributed by atoms with E-state index in [4.69, 9.17) is 0 Å². The Morgan fingerprint density at radius 1 is 1.11 bits per heavy atom. The van der Waals surface area contributed by atoms with Crippen LogP contribution in [0.4, 0.5) is 0 Å². The highest BCUT2D eigenvalue weighted by Crippen LogP contribution is 2.23. The van der Waals surface area contributed by atoms with Crippen molar-refractivity contribution in [3.05, 3.63) is 48.0 Å². The number of carbonyl (C=O) groups is 1. The first-order valence-electron chi connectivity index (χ1n) is 6.59. The average Bonchev–Trinajstić information content (AvgIpc) is 2.47.